The molecule has 0 aliphatic rings. The number of pyridine rings is 2. The van der Waals surface area contributed by atoms with Crippen LogP contribution in [-0.2, 0) is 0 Å². The zero-order valence-electron chi connectivity index (χ0n) is 17.3. The molecule has 7 heteroatoms. The highest BCUT2D eigenvalue weighted by Crippen LogP contribution is 2.27. The number of H-pyrrole nitrogens is 1. The van der Waals surface area contributed by atoms with Gasteiger partial charge in [-0.1, -0.05) is 36.4 Å². The molecule has 0 saturated heterocycles. The number of nitrogens with zero attached hydrogens (tertiary/aromatic N) is 3. The summed E-state index contributed by atoms with van der Waals surface area (Å²) in [6.07, 6.45) is 3.50. The van der Waals surface area contributed by atoms with E-state index >= 15 is 0 Å². The number of anilines is 1. The standard InChI is InChI=1S/C24H21N5O.H2S/c1-15-7-6-8-17-13-21(29(24(30)22(15)17)18-9-4-3-5-10-18)16(2)27-20-11-12-25-23-19(20)14-26-28-23;/h3-14,16H,1-2H3,(H2,25,26,27,28);1H2/t16-;/m0./s1. The van der Waals surface area contributed by atoms with Crippen LogP contribution < -0.4 is 10.9 Å². The van der Waals surface area contributed by atoms with Crippen molar-refractivity contribution >= 4 is 41.0 Å². The maximum absolute atomic E-state index is 13.6. The molecule has 31 heavy (non-hydrogen) atoms. The van der Waals surface area contributed by atoms with Gasteiger partial charge in [-0.3, -0.25) is 14.5 Å². The molecule has 2 N–H and O–H groups in total. The van der Waals surface area contributed by atoms with Crippen LogP contribution in [0.3, 0.4) is 0 Å². The summed E-state index contributed by atoms with van der Waals surface area (Å²) >= 11 is 0. The second kappa shape index (κ2) is 8.28. The minimum Gasteiger partial charge on any atom is -0.376 e. The van der Waals surface area contributed by atoms with Crippen LogP contribution in [0.15, 0.2) is 77.9 Å². The normalized spacial score (nSPS) is 11.9. The molecule has 0 aliphatic heterocycles. The maximum Gasteiger partial charge on any atom is 0.263 e. The van der Waals surface area contributed by atoms with E-state index in [9.17, 15) is 4.79 Å². The van der Waals surface area contributed by atoms with Crippen molar-refractivity contribution in [2.45, 2.75) is 19.9 Å². The van der Waals surface area contributed by atoms with Crippen molar-refractivity contribution in [3.8, 4) is 5.69 Å². The molecule has 156 valence electrons. The summed E-state index contributed by atoms with van der Waals surface area (Å²) in [5.41, 5.74) is 4.34. The number of fused-ring (bicyclic) bond motifs is 2. The topological polar surface area (TPSA) is 75.6 Å². The van der Waals surface area contributed by atoms with E-state index in [1.165, 1.54) is 0 Å². The van der Waals surface area contributed by atoms with Crippen molar-refractivity contribution in [2.24, 2.45) is 0 Å². The molecule has 0 spiro atoms. The van der Waals surface area contributed by atoms with Gasteiger partial charge < -0.3 is 5.32 Å². The summed E-state index contributed by atoms with van der Waals surface area (Å²) in [5, 5.41) is 13.1. The SMILES string of the molecule is Cc1cccc2cc([C@H](C)Nc3ccnc4[nH]ncc34)n(-c3ccccc3)c(=O)c12.S. The number of para-hydroxylation sites is 1. The van der Waals surface area contributed by atoms with Gasteiger partial charge in [-0.25, -0.2) is 4.98 Å². The molecule has 0 unspecified atom stereocenters. The average Bonchev–Trinajstić information content (AvgIpc) is 3.24. The first-order chi connectivity index (χ1) is 14.6. The molecule has 5 rings (SSSR count). The average molecular weight is 430 g/mol. The van der Waals surface area contributed by atoms with Crippen molar-refractivity contribution in [1.82, 2.24) is 19.7 Å². The van der Waals surface area contributed by atoms with Crippen molar-refractivity contribution in [2.75, 3.05) is 5.32 Å². The molecule has 5 aromatic rings. The number of rotatable bonds is 4. The predicted octanol–water partition coefficient (Wildman–Crippen LogP) is 4.86. The molecule has 3 heterocycles. The zero-order valence-corrected chi connectivity index (χ0v) is 18.3. The molecule has 2 aromatic carbocycles. The van der Waals surface area contributed by atoms with Gasteiger partial charge in [-0.2, -0.15) is 18.6 Å². The highest BCUT2D eigenvalue weighted by atomic mass is 32.1. The van der Waals surface area contributed by atoms with Gasteiger partial charge in [-0.05, 0) is 49.1 Å². The third-order valence-corrected chi connectivity index (χ3v) is 5.47. The van der Waals surface area contributed by atoms with Gasteiger partial charge in [0.25, 0.3) is 5.56 Å². The van der Waals surface area contributed by atoms with Crippen molar-refractivity contribution in [3.05, 3.63) is 94.7 Å². The molecular formula is C24H23N5OS. The number of benzene rings is 2. The number of aryl methyl sites for hydroxylation is 1. The lowest BCUT2D eigenvalue weighted by Gasteiger charge is -2.22. The van der Waals surface area contributed by atoms with Crippen molar-refractivity contribution in [1.29, 1.82) is 0 Å². The van der Waals surface area contributed by atoms with Crippen molar-refractivity contribution < 1.29 is 0 Å². The lowest BCUT2D eigenvalue weighted by molar-refractivity contribution is 0.778. The van der Waals surface area contributed by atoms with Crippen LogP contribution in [0.25, 0.3) is 27.5 Å². The zero-order chi connectivity index (χ0) is 20.7. The van der Waals surface area contributed by atoms with E-state index in [1.54, 1.807) is 17.0 Å². The third kappa shape index (κ3) is 3.57. The Morgan fingerprint density at radius 3 is 2.68 bits per heavy atom. The minimum atomic E-state index is -0.136. The summed E-state index contributed by atoms with van der Waals surface area (Å²) in [5.74, 6) is 0. The Labute approximate surface area is 186 Å². The number of hydrogen-bond acceptors (Lipinski definition) is 4. The van der Waals surface area contributed by atoms with Gasteiger partial charge in [0.1, 0.15) is 0 Å². The van der Waals surface area contributed by atoms with E-state index in [4.69, 9.17) is 0 Å². The van der Waals surface area contributed by atoms with Crippen LogP contribution in [0.4, 0.5) is 5.69 Å². The fraction of sp³-hybridized carbons (Fsp3) is 0.125. The Morgan fingerprint density at radius 2 is 1.87 bits per heavy atom. The predicted molar refractivity (Wildman–Crippen MR) is 131 cm³/mol. The minimum absolute atomic E-state index is 0. The van der Waals surface area contributed by atoms with Crippen LogP contribution in [0.2, 0.25) is 0 Å². The van der Waals surface area contributed by atoms with E-state index in [2.05, 4.69) is 33.5 Å². The largest absolute Gasteiger partial charge is 0.376 e. The van der Waals surface area contributed by atoms with Crippen LogP contribution >= 0.6 is 13.5 Å². The Balaban J connectivity index is 0.00000231. The summed E-state index contributed by atoms with van der Waals surface area (Å²) < 4.78 is 1.81. The number of hydrogen-bond donors (Lipinski definition) is 2. The second-order valence-corrected chi connectivity index (χ2v) is 7.44. The Bertz CT molecular complexity index is 1420. The molecule has 6 nitrogen and oxygen atoms in total. The highest BCUT2D eigenvalue weighted by Gasteiger charge is 2.18. The second-order valence-electron chi connectivity index (χ2n) is 7.44. The fourth-order valence-corrected chi connectivity index (χ4v) is 4.00. The Hall–Kier alpha value is -3.58. The summed E-state index contributed by atoms with van der Waals surface area (Å²) in [6, 6.07) is 19.6. The number of aromatic nitrogens is 4. The van der Waals surface area contributed by atoms with Crippen LogP contribution in [0, 0.1) is 6.92 Å². The lowest BCUT2D eigenvalue weighted by Crippen LogP contribution is -2.26. The van der Waals surface area contributed by atoms with Crippen molar-refractivity contribution in [3.63, 3.8) is 0 Å². The van der Waals surface area contributed by atoms with E-state index in [0.29, 0.717) is 0 Å². The number of nitrogens with one attached hydrogen (secondary N) is 2. The van der Waals surface area contributed by atoms with Crippen LogP contribution in [-0.4, -0.2) is 19.7 Å². The Kier molecular flexibility index (Phi) is 5.52. The van der Waals surface area contributed by atoms with E-state index in [1.807, 2.05) is 61.5 Å². The molecule has 0 aliphatic carbocycles. The van der Waals surface area contributed by atoms with E-state index in [0.717, 1.165) is 44.4 Å². The van der Waals surface area contributed by atoms with Gasteiger partial charge in [0, 0.05) is 23.3 Å². The number of aromatic amines is 1. The lowest BCUT2D eigenvalue weighted by atomic mass is 10.0. The van der Waals surface area contributed by atoms with Gasteiger partial charge in [0.05, 0.1) is 23.0 Å². The van der Waals surface area contributed by atoms with Gasteiger partial charge in [0.15, 0.2) is 5.65 Å². The first kappa shape index (κ1) is 20.7. The Morgan fingerprint density at radius 1 is 1.06 bits per heavy atom. The summed E-state index contributed by atoms with van der Waals surface area (Å²) in [4.78, 5) is 17.9. The smallest absolute Gasteiger partial charge is 0.263 e. The van der Waals surface area contributed by atoms with E-state index in [-0.39, 0.29) is 25.1 Å². The molecule has 0 amide bonds. The monoisotopic (exact) mass is 429 g/mol. The molecule has 0 fully saturated rings. The molecule has 3 aromatic heterocycles. The van der Waals surface area contributed by atoms with Gasteiger partial charge >= 0.3 is 0 Å². The third-order valence-electron chi connectivity index (χ3n) is 5.47. The summed E-state index contributed by atoms with van der Waals surface area (Å²) in [6.45, 7) is 4.04. The fourth-order valence-electron chi connectivity index (χ4n) is 4.00. The van der Waals surface area contributed by atoms with Crippen LogP contribution in [0.1, 0.15) is 24.2 Å². The first-order valence-electron chi connectivity index (χ1n) is 9.89. The molecule has 0 bridgehead atoms. The van der Waals surface area contributed by atoms with Gasteiger partial charge in [-0.15, -0.1) is 0 Å². The van der Waals surface area contributed by atoms with Gasteiger partial charge in [0.2, 0.25) is 0 Å². The highest BCUT2D eigenvalue weighted by molar-refractivity contribution is 7.59. The molecular weight excluding hydrogens is 406 g/mol. The first-order valence-corrected chi connectivity index (χ1v) is 9.89. The van der Waals surface area contributed by atoms with E-state index < -0.39 is 0 Å². The quantitative estimate of drug-likeness (QED) is 0.428. The maximum atomic E-state index is 13.6. The molecule has 1 atom stereocenters. The molecule has 0 saturated carbocycles. The molecule has 0 radical (unpaired) electrons. The van der Waals surface area contributed by atoms with Crippen LogP contribution in [0.5, 0.6) is 0 Å². The summed E-state index contributed by atoms with van der Waals surface area (Å²) in [7, 11) is 0.